The van der Waals surface area contributed by atoms with Crippen molar-refractivity contribution < 1.29 is 8.78 Å². The van der Waals surface area contributed by atoms with Crippen LogP contribution >= 0.6 is 11.6 Å². The Morgan fingerprint density at radius 3 is 2.44 bits per heavy atom. The number of hydrogen-bond donors (Lipinski definition) is 0. The monoisotopic (exact) mass is 149 g/mol. The molecule has 1 rings (SSSR count). The van der Waals surface area contributed by atoms with Crippen molar-refractivity contribution in [1.82, 2.24) is 4.98 Å². The average Bonchev–Trinajstić information content (AvgIpc) is 1.80. The molecule has 0 aliphatic carbocycles. The van der Waals surface area contributed by atoms with E-state index >= 15 is 0 Å². The van der Waals surface area contributed by atoms with E-state index in [9.17, 15) is 8.78 Å². The fourth-order valence-corrected chi connectivity index (χ4v) is 0.535. The Hall–Kier alpha value is -0.700. The summed E-state index contributed by atoms with van der Waals surface area (Å²) in [5.41, 5.74) is 0. The van der Waals surface area contributed by atoms with Gasteiger partial charge in [-0.2, -0.15) is 0 Å². The van der Waals surface area contributed by atoms with Crippen LogP contribution in [0.15, 0.2) is 12.3 Å². The standard InChI is InChI=1S/C5H2ClF2N/c6-5-1-3(7)4(8)2-9-5/h1-2H. The molecule has 1 heterocycles. The van der Waals surface area contributed by atoms with Gasteiger partial charge >= 0.3 is 0 Å². The zero-order valence-electron chi connectivity index (χ0n) is 4.24. The number of hydrogen-bond acceptors (Lipinski definition) is 1. The minimum atomic E-state index is -0.987. The summed E-state index contributed by atoms with van der Waals surface area (Å²) in [6.07, 6.45) is 0.734. The third kappa shape index (κ3) is 1.36. The van der Waals surface area contributed by atoms with Crippen LogP contribution in [0.25, 0.3) is 0 Å². The number of pyridine rings is 1. The summed E-state index contributed by atoms with van der Waals surface area (Å²) in [7, 11) is 0. The zero-order valence-corrected chi connectivity index (χ0v) is 4.99. The van der Waals surface area contributed by atoms with Crippen molar-refractivity contribution >= 4 is 11.6 Å². The fraction of sp³-hybridized carbons (Fsp3) is 0. The van der Waals surface area contributed by atoms with Crippen molar-refractivity contribution in [2.45, 2.75) is 0 Å². The molecule has 0 N–H and O–H groups in total. The maximum atomic E-state index is 12.1. The molecule has 0 aromatic carbocycles. The van der Waals surface area contributed by atoms with Gasteiger partial charge in [-0.25, -0.2) is 13.8 Å². The van der Waals surface area contributed by atoms with Crippen LogP contribution in [0.3, 0.4) is 0 Å². The summed E-state index contributed by atoms with van der Waals surface area (Å²) in [4.78, 5) is 3.29. The van der Waals surface area contributed by atoms with Gasteiger partial charge in [-0.05, 0) is 0 Å². The van der Waals surface area contributed by atoms with E-state index in [1.807, 2.05) is 0 Å². The van der Waals surface area contributed by atoms with E-state index in [0.29, 0.717) is 0 Å². The summed E-state index contributed by atoms with van der Waals surface area (Å²) in [6.45, 7) is 0. The molecule has 0 aliphatic heterocycles. The summed E-state index contributed by atoms with van der Waals surface area (Å²) < 4.78 is 24.1. The molecule has 1 nitrogen and oxygen atoms in total. The van der Waals surface area contributed by atoms with Gasteiger partial charge in [-0.3, -0.25) is 0 Å². The van der Waals surface area contributed by atoms with E-state index in [1.54, 1.807) is 0 Å². The molecule has 4 heteroatoms. The second kappa shape index (κ2) is 2.27. The summed E-state index contributed by atoms with van der Waals surface area (Å²) >= 11 is 5.20. The Labute approximate surface area is 55.3 Å². The third-order valence-corrected chi connectivity index (χ3v) is 0.982. The zero-order chi connectivity index (χ0) is 6.85. The van der Waals surface area contributed by atoms with Crippen molar-refractivity contribution in [3.63, 3.8) is 0 Å². The minimum absolute atomic E-state index is 0.0473. The first kappa shape index (κ1) is 6.42. The second-order valence-electron chi connectivity index (χ2n) is 1.42. The van der Waals surface area contributed by atoms with Gasteiger partial charge in [0.15, 0.2) is 11.6 Å². The highest BCUT2D eigenvalue weighted by Gasteiger charge is 2.00. The lowest BCUT2D eigenvalue weighted by Crippen LogP contribution is -1.84. The van der Waals surface area contributed by atoms with Gasteiger partial charge in [0.05, 0.1) is 6.20 Å². The van der Waals surface area contributed by atoms with Crippen molar-refractivity contribution in [3.05, 3.63) is 29.1 Å². The normalized spacial score (nSPS) is 9.67. The Balaban J connectivity index is 3.17. The first-order valence-electron chi connectivity index (χ1n) is 2.16. The van der Waals surface area contributed by atoms with Gasteiger partial charge in [0, 0.05) is 6.07 Å². The molecule has 0 radical (unpaired) electrons. The molecule has 0 aliphatic rings. The molecule has 0 unspecified atom stereocenters. The molecule has 0 bridgehead atoms. The van der Waals surface area contributed by atoms with Crippen LogP contribution in [-0.2, 0) is 0 Å². The van der Waals surface area contributed by atoms with Crippen molar-refractivity contribution in [1.29, 1.82) is 0 Å². The van der Waals surface area contributed by atoms with E-state index in [1.165, 1.54) is 0 Å². The van der Waals surface area contributed by atoms with Crippen LogP contribution in [0.1, 0.15) is 0 Å². The highest BCUT2D eigenvalue weighted by Crippen LogP contribution is 2.08. The van der Waals surface area contributed by atoms with Gasteiger partial charge in [0.1, 0.15) is 5.15 Å². The Morgan fingerprint density at radius 1 is 1.33 bits per heavy atom. The quantitative estimate of drug-likeness (QED) is 0.515. The number of nitrogens with zero attached hydrogens (tertiary/aromatic N) is 1. The summed E-state index contributed by atoms with van der Waals surface area (Å²) in [5.74, 6) is -1.96. The molecule has 0 saturated carbocycles. The van der Waals surface area contributed by atoms with Crippen LogP contribution in [0, 0.1) is 11.6 Å². The molecule has 0 amide bonds. The maximum absolute atomic E-state index is 12.1. The van der Waals surface area contributed by atoms with Crippen LogP contribution in [0.4, 0.5) is 8.78 Å². The van der Waals surface area contributed by atoms with Crippen molar-refractivity contribution in [3.8, 4) is 0 Å². The molecule has 0 saturated heterocycles. The van der Waals surface area contributed by atoms with E-state index in [-0.39, 0.29) is 5.15 Å². The number of rotatable bonds is 0. The van der Waals surface area contributed by atoms with Gasteiger partial charge < -0.3 is 0 Å². The smallest absolute Gasteiger partial charge is 0.177 e. The second-order valence-corrected chi connectivity index (χ2v) is 1.81. The van der Waals surface area contributed by atoms with E-state index < -0.39 is 11.6 Å². The van der Waals surface area contributed by atoms with E-state index in [2.05, 4.69) is 4.98 Å². The van der Waals surface area contributed by atoms with Crippen LogP contribution < -0.4 is 0 Å². The van der Waals surface area contributed by atoms with Crippen molar-refractivity contribution in [2.75, 3.05) is 0 Å². The van der Waals surface area contributed by atoms with E-state index in [4.69, 9.17) is 11.6 Å². The summed E-state index contributed by atoms with van der Waals surface area (Å²) in [6, 6.07) is 0.816. The largest absolute Gasteiger partial charge is 0.241 e. The van der Waals surface area contributed by atoms with Gasteiger partial charge in [0.2, 0.25) is 0 Å². The van der Waals surface area contributed by atoms with Gasteiger partial charge in [-0.1, -0.05) is 11.6 Å². The van der Waals surface area contributed by atoms with E-state index in [0.717, 1.165) is 12.3 Å². The number of aromatic nitrogens is 1. The molecular weight excluding hydrogens is 148 g/mol. The molecule has 0 spiro atoms. The summed E-state index contributed by atoms with van der Waals surface area (Å²) in [5, 5.41) is -0.0473. The third-order valence-electron chi connectivity index (χ3n) is 0.775. The molecule has 9 heavy (non-hydrogen) atoms. The van der Waals surface area contributed by atoms with Gasteiger partial charge in [0.25, 0.3) is 0 Å². The fourth-order valence-electron chi connectivity index (χ4n) is 0.391. The molecule has 0 atom stereocenters. The first-order valence-corrected chi connectivity index (χ1v) is 2.54. The minimum Gasteiger partial charge on any atom is -0.241 e. The van der Waals surface area contributed by atoms with Crippen LogP contribution in [-0.4, -0.2) is 4.98 Å². The van der Waals surface area contributed by atoms with Crippen LogP contribution in [0.2, 0.25) is 5.15 Å². The Kier molecular flexibility index (Phi) is 1.62. The average molecular weight is 150 g/mol. The van der Waals surface area contributed by atoms with Crippen molar-refractivity contribution in [2.24, 2.45) is 0 Å². The molecule has 1 aromatic heterocycles. The van der Waals surface area contributed by atoms with Gasteiger partial charge in [-0.15, -0.1) is 0 Å². The molecule has 0 fully saturated rings. The predicted molar refractivity (Wildman–Crippen MR) is 29.2 cm³/mol. The Morgan fingerprint density at radius 2 is 2.00 bits per heavy atom. The SMILES string of the molecule is Fc1cnc(Cl)cc1F. The van der Waals surface area contributed by atoms with Crippen LogP contribution in [0.5, 0.6) is 0 Å². The Bertz CT molecular complexity index is 226. The predicted octanol–water partition coefficient (Wildman–Crippen LogP) is 2.01. The number of halogens is 3. The molecule has 48 valence electrons. The lowest BCUT2D eigenvalue weighted by atomic mass is 10.5. The lowest BCUT2D eigenvalue weighted by molar-refractivity contribution is 0.504. The highest BCUT2D eigenvalue weighted by molar-refractivity contribution is 6.29. The highest BCUT2D eigenvalue weighted by atomic mass is 35.5. The maximum Gasteiger partial charge on any atom is 0.177 e. The lowest BCUT2D eigenvalue weighted by Gasteiger charge is -1.89. The molecular formula is C5H2ClF2N. The molecule has 1 aromatic rings. The topological polar surface area (TPSA) is 12.9 Å². The first-order chi connectivity index (χ1) is 4.20.